The third-order valence-corrected chi connectivity index (χ3v) is 2.72. The van der Waals surface area contributed by atoms with Crippen LogP contribution in [-0.2, 0) is 9.59 Å². The van der Waals surface area contributed by atoms with Crippen molar-refractivity contribution in [2.75, 3.05) is 5.32 Å². The summed E-state index contributed by atoms with van der Waals surface area (Å²) in [5, 5.41) is 5.96. The number of benzene rings is 2. The summed E-state index contributed by atoms with van der Waals surface area (Å²) >= 11 is 0. The predicted molar refractivity (Wildman–Crippen MR) is 87.1 cm³/mol. The average Bonchev–Trinajstić information content (AvgIpc) is 2.57. The van der Waals surface area contributed by atoms with E-state index in [4.69, 9.17) is 0 Å². The highest BCUT2D eigenvalue weighted by Crippen LogP contribution is 2.07. The van der Waals surface area contributed by atoms with Crippen molar-refractivity contribution in [3.05, 3.63) is 72.1 Å². The molecular weight excluding hydrogens is 297 g/mol. The van der Waals surface area contributed by atoms with Crippen molar-refractivity contribution in [2.24, 2.45) is 5.10 Å². The molecule has 0 spiro atoms. The minimum absolute atomic E-state index is 0.319. The maximum Gasteiger partial charge on any atom is 0.329 e. The molecule has 0 unspecified atom stereocenters. The highest BCUT2D eigenvalue weighted by molar-refractivity contribution is 6.39. The summed E-state index contributed by atoms with van der Waals surface area (Å²) in [5.41, 5.74) is 3.40. The summed E-state index contributed by atoms with van der Waals surface area (Å²) in [6, 6.07) is 14.6. The third-order valence-electron chi connectivity index (χ3n) is 2.72. The molecule has 0 aromatic heterocycles. The van der Waals surface area contributed by atoms with E-state index < -0.39 is 17.6 Å². The molecule has 5 nitrogen and oxygen atoms in total. The van der Waals surface area contributed by atoms with E-state index in [1.54, 1.807) is 12.2 Å². The van der Waals surface area contributed by atoms with Crippen LogP contribution in [0.4, 0.5) is 10.1 Å². The molecule has 2 amide bonds. The van der Waals surface area contributed by atoms with E-state index in [1.165, 1.54) is 30.5 Å². The summed E-state index contributed by atoms with van der Waals surface area (Å²) in [6.45, 7) is 0. The number of hydrogen-bond donors (Lipinski definition) is 2. The van der Waals surface area contributed by atoms with Crippen LogP contribution in [0.25, 0.3) is 6.08 Å². The molecule has 2 aromatic rings. The fourth-order valence-corrected chi connectivity index (χ4v) is 1.63. The number of hydrazone groups is 1. The molecule has 0 fully saturated rings. The van der Waals surface area contributed by atoms with Crippen LogP contribution in [0.2, 0.25) is 0 Å². The van der Waals surface area contributed by atoms with Crippen molar-refractivity contribution in [2.45, 2.75) is 0 Å². The molecule has 0 atom stereocenters. The standard InChI is InChI=1S/C17H14FN3O2/c18-14-8-10-15(11-9-14)20-16(22)17(23)21-19-12-4-7-13-5-2-1-3-6-13/h1-12H,(H,20,22)(H,21,23)/b7-4+,19-12+. The van der Waals surface area contributed by atoms with Gasteiger partial charge in [-0.1, -0.05) is 36.4 Å². The number of carbonyl (C=O) groups excluding carboxylic acids is 2. The molecule has 0 radical (unpaired) electrons. The average molecular weight is 311 g/mol. The topological polar surface area (TPSA) is 70.6 Å². The summed E-state index contributed by atoms with van der Waals surface area (Å²) < 4.78 is 12.7. The van der Waals surface area contributed by atoms with Crippen molar-refractivity contribution in [3.8, 4) is 0 Å². The molecule has 0 aliphatic heterocycles. The van der Waals surface area contributed by atoms with Gasteiger partial charge in [0.25, 0.3) is 0 Å². The first-order valence-electron chi connectivity index (χ1n) is 6.77. The molecule has 0 saturated heterocycles. The number of anilines is 1. The molecule has 6 heteroatoms. The van der Waals surface area contributed by atoms with Gasteiger partial charge in [-0.15, -0.1) is 0 Å². The lowest BCUT2D eigenvalue weighted by atomic mass is 10.2. The van der Waals surface area contributed by atoms with E-state index in [0.717, 1.165) is 5.56 Å². The normalized spacial score (nSPS) is 10.8. The Balaban J connectivity index is 1.79. The Morgan fingerprint density at radius 3 is 2.35 bits per heavy atom. The van der Waals surface area contributed by atoms with Gasteiger partial charge in [0.15, 0.2) is 0 Å². The van der Waals surface area contributed by atoms with Crippen LogP contribution < -0.4 is 10.7 Å². The van der Waals surface area contributed by atoms with Gasteiger partial charge in [0.05, 0.1) is 0 Å². The molecule has 0 aliphatic carbocycles. The highest BCUT2D eigenvalue weighted by Gasteiger charge is 2.12. The molecule has 0 bridgehead atoms. The Hall–Kier alpha value is -3.28. The van der Waals surface area contributed by atoms with E-state index >= 15 is 0 Å². The fourth-order valence-electron chi connectivity index (χ4n) is 1.63. The third kappa shape index (κ3) is 5.55. The van der Waals surface area contributed by atoms with Crippen LogP contribution in [0.15, 0.2) is 65.8 Å². The van der Waals surface area contributed by atoms with Gasteiger partial charge in [0.2, 0.25) is 0 Å². The quantitative estimate of drug-likeness (QED) is 0.517. The van der Waals surface area contributed by atoms with E-state index in [9.17, 15) is 14.0 Å². The van der Waals surface area contributed by atoms with Crippen molar-refractivity contribution >= 4 is 29.8 Å². The Kier molecular flexibility index (Phi) is 5.76. The van der Waals surface area contributed by atoms with Gasteiger partial charge in [0, 0.05) is 11.9 Å². The number of allylic oxidation sites excluding steroid dienone is 1. The van der Waals surface area contributed by atoms with Crippen LogP contribution >= 0.6 is 0 Å². The molecule has 2 N–H and O–H groups in total. The lowest BCUT2D eigenvalue weighted by molar-refractivity contribution is -0.136. The van der Waals surface area contributed by atoms with Crippen LogP contribution in [0, 0.1) is 5.82 Å². The van der Waals surface area contributed by atoms with Crippen molar-refractivity contribution in [1.82, 2.24) is 5.43 Å². The Bertz CT molecular complexity index is 725. The first-order valence-corrected chi connectivity index (χ1v) is 6.77. The minimum Gasteiger partial charge on any atom is -0.318 e. The van der Waals surface area contributed by atoms with Crippen LogP contribution in [-0.4, -0.2) is 18.0 Å². The van der Waals surface area contributed by atoms with E-state index in [0.29, 0.717) is 5.69 Å². The Morgan fingerprint density at radius 2 is 1.65 bits per heavy atom. The zero-order valence-electron chi connectivity index (χ0n) is 12.1. The monoisotopic (exact) mass is 311 g/mol. The Labute approximate surface area is 132 Å². The van der Waals surface area contributed by atoms with Crippen LogP contribution in [0.3, 0.4) is 0 Å². The molecular formula is C17H14FN3O2. The summed E-state index contributed by atoms with van der Waals surface area (Å²) in [7, 11) is 0. The Morgan fingerprint density at radius 1 is 0.957 bits per heavy atom. The second-order valence-corrected chi connectivity index (χ2v) is 4.45. The lowest BCUT2D eigenvalue weighted by Gasteiger charge is -2.03. The summed E-state index contributed by atoms with van der Waals surface area (Å²) in [5.74, 6) is -2.23. The SMILES string of the molecule is O=C(N/N=C/C=C/c1ccccc1)C(=O)Nc1ccc(F)cc1. The molecule has 0 aliphatic rings. The number of rotatable bonds is 4. The zero-order chi connectivity index (χ0) is 16.5. The van der Waals surface area contributed by atoms with Gasteiger partial charge < -0.3 is 5.32 Å². The van der Waals surface area contributed by atoms with E-state index in [1.807, 2.05) is 30.3 Å². The van der Waals surface area contributed by atoms with Gasteiger partial charge in [-0.3, -0.25) is 9.59 Å². The van der Waals surface area contributed by atoms with Gasteiger partial charge in [0.1, 0.15) is 5.82 Å². The smallest absolute Gasteiger partial charge is 0.318 e. The van der Waals surface area contributed by atoms with Crippen molar-refractivity contribution < 1.29 is 14.0 Å². The molecule has 0 heterocycles. The highest BCUT2D eigenvalue weighted by atomic mass is 19.1. The van der Waals surface area contributed by atoms with Gasteiger partial charge in [-0.2, -0.15) is 5.10 Å². The van der Waals surface area contributed by atoms with Crippen LogP contribution in [0.1, 0.15) is 5.56 Å². The second-order valence-electron chi connectivity index (χ2n) is 4.45. The zero-order valence-corrected chi connectivity index (χ0v) is 12.1. The fraction of sp³-hybridized carbons (Fsp3) is 0. The predicted octanol–water partition coefficient (Wildman–Crippen LogP) is 2.58. The molecule has 116 valence electrons. The molecule has 2 rings (SSSR count). The largest absolute Gasteiger partial charge is 0.329 e. The maximum atomic E-state index is 12.7. The second kappa shape index (κ2) is 8.23. The number of nitrogens with one attached hydrogen (secondary N) is 2. The van der Waals surface area contributed by atoms with E-state index in [-0.39, 0.29) is 0 Å². The lowest BCUT2D eigenvalue weighted by Crippen LogP contribution is -2.32. The van der Waals surface area contributed by atoms with Crippen molar-refractivity contribution in [3.63, 3.8) is 0 Å². The van der Waals surface area contributed by atoms with Crippen molar-refractivity contribution in [1.29, 1.82) is 0 Å². The number of carbonyl (C=O) groups is 2. The van der Waals surface area contributed by atoms with Gasteiger partial charge in [-0.05, 0) is 35.9 Å². The van der Waals surface area contributed by atoms with Crippen LogP contribution in [0.5, 0.6) is 0 Å². The summed E-state index contributed by atoms with van der Waals surface area (Å²) in [4.78, 5) is 23.1. The van der Waals surface area contributed by atoms with Gasteiger partial charge >= 0.3 is 11.8 Å². The van der Waals surface area contributed by atoms with Gasteiger partial charge in [-0.25, -0.2) is 9.82 Å². The molecule has 23 heavy (non-hydrogen) atoms. The minimum atomic E-state index is -0.918. The first-order chi connectivity index (χ1) is 11.1. The number of amides is 2. The molecule has 2 aromatic carbocycles. The summed E-state index contributed by atoms with van der Waals surface area (Å²) in [6.07, 6.45) is 4.79. The maximum absolute atomic E-state index is 12.7. The number of nitrogens with zero attached hydrogens (tertiary/aromatic N) is 1. The first kappa shape index (κ1) is 16.1. The number of hydrogen-bond acceptors (Lipinski definition) is 3. The van der Waals surface area contributed by atoms with E-state index in [2.05, 4.69) is 15.8 Å². The number of halogens is 1. The molecule has 0 saturated carbocycles.